The number of pyridine rings is 1. The van der Waals surface area contributed by atoms with Gasteiger partial charge < -0.3 is 15.4 Å². The van der Waals surface area contributed by atoms with Crippen molar-refractivity contribution in [3.8, 4) is 5.88 Å². The fourth-order valence-corrected chi connectivity index (χ4v) is 1.61. The number of piperazine rings is 1. The van der Waals surface area contributed by atoms with Crippen molar-refractivity contribution in [2.75, 3.05) is 26.7 Å². The Morgan fingerprint density at radius 1 is 1.43 bits per heavy atom. The first kappa shape index (κ1) is 9.43. The number of hydrogen-bond donors (Lipinski definition) is 2. The van der Waals surface area contributed by atoms with E-state index in [9.17, 15) is 0 Å². The van der Waals surface area contributed by atoms with E-state index in [-0.39, 0.29) is 0 Å². The molecule has 4 heteroatoms. The van der Waals surface area contributed by atoms with Crippen LogP contribution in [0.4, 0.5) is 0 Å². The Labute approximate surface area is 83.7 Å². The minimum Gasteiger partial charge on any atom is -0.481 e. The molecule has 0 aromatic carbocycles. The molecule has 0 bridgehead atoms. The van der Waals surface area contributed by atoms with Gasteiger partial charge in [0.2, 0.25) is 5.88 Å². The van der Waals surface area contributed by atoms with Crippen LogP contribution >= 0.6 is 0 Å². The monoisotopic (exact) mass is 193 g/mol. The number of rotatable bonds is 2. The standard InChI is InChI=1S/C10H15N3O/c1-14-10-3-2-8(6-13-10)9-7-11-4-5-12-9/h2-3,6,9,11-12H,4-5,7H2,1H3/t9-/m1/s1. The molecule has 0 aliphatic carbocycles. The van der Waals surface area contributed by atoms with Gasteiger partial charge in [0, 0.05) is 37.9 Å². The highest BCUT2D eigenvalue weighted by Gasteiger charge is 2.13. The number of methoxy groups -OCH3 is 1. The molecule has 1 fully saturated rings. The van der Waals surface area contributed by atoms with Gasteiger partial charge >= 0.3 is 0 Å². The Bertz CT molecular complexity index is 280. The van der Waals surface area contributed by atoms with E-state index in [1.165, 1.54) is 5.56 Å². The summed E-state index contributed by atoms with van der Waals surface area (Å²) in [5.74, 6) is 0.664. The van der Waals surface area contributed by atoms with Crippen molar-refractivity contribution in [2.45, 2.75) is 6.04 Å². The van der Waals surface area contributed by atoms with Crippen LogP contribution in [0, 0.1) is 0 Å². The van der Waals surface area contributed by atoms with Crippen molar-refractivity contribution >= 4 is 0 Å². The Balaban J connectivity index is 2.07. The summed E-state index contributed by atoms with van der Waals surface area (Å²) in [6.07, 6.45) is 1.86. The summed E-state index contributed by atoms with van der Waals surface area (Å²) in [4.78, 5) is 4.18. The molecule has 2 rings (SSSR count). The molecular weight excluding hydrogens is 178 g/mol. The first-order valence-corrected chi connectivity index (χ1v) is 4.84. The molecule has 14 heavy (non-hydrogen) atoms. The third-order valence-electron chi connectivity index (χ3n) is 2.41. The van der Waals surface area contributed by atoms with Gasteiger partial charge in [0.25, 0.3) is 0 Å². The Morgan fingerprint density at radius 2 is 2.36 bits per heavy atom. The first-order chi connectivity index (χ1) is 6.90. The fourth-order valence-electron chi connectivity index (χ4n) is 1.61. The van der Waals surface area contributed by atoms with Crippen LogP contribution in [0.25, 0.3) is 0 Å². The number of aromatic nitrogens is 1. The SMILES string of the molecule is COc1ccc([C@H]2CNCCN2)cn1. The summed E-state index contributed by atoms with van der Waals surface area (Å²) < 4.78 is 5.01. The summed E-state index contributed by atoms with van der Waals surface area (Å²) in [6, 6.07) is 4.32. The van der Waals surface area contributed by atoms with Gasteiger partial charge in [0.15, 0.2) is 0 Å². The summed E-state index contributed by atoms with van der Waals surface area (Å²) in [7, 11) is 1.63. The predicted octanol–water partition coefficient (Wildman–Crippen LogP) is 0.324. The minimum absolute atomic E-state index is 0.377. The molecule has 0 amide bonds. The Hall–Kier alpha value is -1.13. The molecule has 1 aliphatic rings. The predicted molar refractivity (Wildman–Crippen MR) is 54.4 cm³/mol. The molecule has 1 atom stereocenters. The van der Waals surface area contributed by atoms with E-state index in [1.807, 2.05) is 12.3 Å². The van der Waals surface area contributed by atoms with Crippen LogP contribution in [0.15, 0.2) is 18.3 Å². The lowest BCUT2D eigenvalue weighted by Crippen LogP contribution is -2.42. The van der Waals surface area contributed by atoms with E-state index in [0.717, 1.165) is 19.6 Å². The number of nitrogens with one attached hydrogen (secondary N) is 2. The Kier molecular flexibility index (Phi) is 2.96. The molecule has 2 heterocycles. The topological polar surface area (TPSA) is 46.2 Å². The zero-order valence-electron chi connectivity index (χ0n) is 8.29. The highest BCUT2D eigenvalue weighted by atomic mass is 16.5. The maximum absolute atomic E-state index is 5.01. The molecule has 1 saturated heterocycles. The molecule has 4 nitrogen and oxygen atoms in total. The lowest BCUT2D eigenvalue weighted by molar-refractivity contribution is 0.395. The van der Waals surface area contributed by atoms with Gasteiger partial charge in [-0.2, -0.15) is 0 Å². The van der Waals surface area contributed by atoms with Gasteiger partial charge in [-0.15, -0.1) is 0 Å². The third kappa shape index (κ3) is 2.02. The molecular formula is C10H15N3O. The average molecular weight is 193 g/mol. The van der Waals surface area contributed by atoms with Crippen molar-refractivity contribution in [1.29, 1.82) is 0 Å². The summed E-state index contributed by atoms with van der Waals surface area (Å²) in [6.45, 7) is 3.02. The molecule has 2 N–H and O–H groups in total. The summed E-state index contributed by atoms with van der Waals surface area (Å²) in [5.41, 5.74) is 1.21. The Morgan fingerprint density at radius 3 is 2.93 bits per heavy atom. The number of ether oxygens (including phenoxy) is 1. The largest absolute Gasteiger partial charge is 0.481 e. The highest BCUT2D eigenvalue weighted by molar-refractivity contribution is 5.21. The third-order valence-corrected chi connectivity index (χ3v) is 2.41. The van der Waals surface area contributed by atoms with E-state index >= 15 is 0 Å². The van der Waals surface area contributed by atoms with Crippen molar-refractivity contribution < 1.29 is 4.74 Å². The van der Waals surface area contributed by atoms with E-state index in [0.29, 0.717) is 11.9 Å². The molecule has 0 unspecified atom stereocenters. The van der Waals surface area contributed by atoms with Gasteiger partial charge in [0.05, 0.1) is 7.11 Å². The van der Waals surface area contributed by atoms with E-state index in [4.69, 9.17) is 4.74 Å². The van der Waals surface area contributed by atoms with Crippen molar-refractivity contribution in [2.24, 2.45) is 0 Å². The quantitative estimate of drug-likeness (QED) is 0.710. The van der Waals surface area contributed by atoms with Crippen LogP contribution in [0.3, 0.4) is 0 Å². The van der Waals surface area contributed by atoms with Crippen LogP contribution in [-0.2, 0) is 0 Å². The molecule has 0 radical (unpaired) electrons. The van der Waals surface area contributed by atoms with Crippen LogP contribution in [0.2, 0.25) is 0 Å². The second-order valence-electron chi connectivity index (χ2n) is 3.34. The maximum atomic E-state index is 5.01. The second-order valence-corrected chi connectivity index (χ2v) is 3.34. The maximum Gasteiger partial charge on any atom is 0.212 e. The smallest absolute Gasteiger partial charge is 0.212 e. The molecule has 0 spiro atoms. The molecule has 1 aromatic rings. The first-order valence-electron chi connectivity index (χ1n) is 4.84. The number of hydrogen-bond acceptors (Lipinski definition) is 4. The second kappa shape index (κ2) is 4.39. The minimum atomic E-state index is 0.377. The number of nitrogens with zero attached hydrogens (tertiary/aromatic N) is 1. The van der Waals surface area contributed by atoms with Gasteiger partial charge in [-0.3, -0.25) is 0 Å². The van der Waals surface area contributed by atoms with Crippen LogP contribution in [0.5, 0.6) is 5.88 Å². The van der Waals surface area contributed by atoms with Crippen LogP contribution in [-0.4, -0.2) is 31.7 Å². The zero-order chi connectivity index (χ0) is 9.80. The van der Waals surface area contributed by atoms with Crippen LogP contribution in [0.1, 0.15) is 11.6 Å². The summed E-state index contributed by atoms with van der Waals surface area (Å²) >= 11 is 0. The van der Waals surface area contributed by atoms with Gasteiger partial charge in [-0.1, -0.05) is 6.07 Å². The fraction of sp³-hybridized carbons (Fsp3) is 0.500. The summed E-state index contributed by atoms with van der Waals surface area (Å²) in [5, 5.41) is 6.77. The molecule has 76 valence electrons. The lowest BCUT2D eigenvalue weighted by Gasteiger charge is -2.24. The highest BCUT2D eigenvalue weighted by Crippen LogP contribution is 2.15. The molecule has 0 saturated carbocycles. The molecule has 1 aromatic heterocycles. The molecule has 1 aliphatic heterocycles. The van der Waals surface area contributed by atoms with E-state index in [2.05, 4.69) is 21.7 Å². The van der Waals surface area contributed by atoms with Crippen molar-refractivity contribution in [3.63, 3.8) is 0 Å². The van der Waals surface area contributed by atoms with Crippen molar-refractivity contribution in [3.05, 3.63) is 23.9 Å². The van der Waals surface area contributed by atoms with E-state index < -0.39 is 0 Å². The normalized spacial score (nSPS) is 21.9. The van der Waals surface area contributed by atoms with Gasteiger partial charge in [-0.25, -0.2) is 4.98 Å². The van der Waals surface area contributed by atoms with E-state index in [1.54, 1.807) is 7.11 Å². The average Bonchev–Trinajstić information content (AvgIpc) is 2.30. The van der Waals surface area contributed by atoms with Crippen molar-refractivity contribution in [1.82, 2.24) is 15.6 Å². The lowest BCUT2D eigenvalue weighted by atomic mass is 10.1. The van der Waals surface area contributed by atoms with Crippen LogP contribution < -0.4 is 15.4 Å². The van der Waals surface area contributed by atoms with Gasteiger partial charge in [0.1, 0.15) is 0 Å². The zero-order valence-corrected chi connectivity index (χ0v) is 8.29. The van der Waals surface area contributed by atoms with Gasteiger partial charge in [-0.05, 0) is 5.56 Å².